The zero-order valence-electron chi connectivity index (χ0n) is 24.0. The van der Waals surface area contributed by atoms with Gasteiger partial charge in [-0.15, -0.1) is 0 Å². The third-order valence-electron chi connectivity index (χ3n) is 6.80. The lowest BCUT2D eigenvalue weighted by atomic mass is 10.0. The summed E-state index contributed by atoms with van der Waals surface area (Å²) in [7, 11) is -3.85. The summed E-state index contributed by atoms with van der Waals surface area (Å²) in [6, 6.07) is 18.6. The Hall–Kier alpha value is -3.07. The highest BCUT2D eigenvalue weighted by molar-refractivity contribution is 7.92. The average Bonchev–Trinajstić information content (AvgIpc) is 2.89. The Balaban J connectivity index is 2.11. The van der Waals surface area contributed by atoms with E-state index < -0.39 is 28.5 Å². The molecule has 0 radical (unpaired) electrons. The van der Waals surface area contributed by atoms with Gasteiger partial charge in [0.25, 0.3) is 0 Å². The Morgan fingerprint density at radius 2 is 1.59 bits per heavy atom. The molecule has 2 atom stereocenters. The maximum atomic E-state index is 14.2. The molecule has 3 aromatic rings. The standard InChI is InChI=1S/C31H37Cl2N3O4S/c1-6-23(4)34-31(38)29(17-24-10-8-7-9-11-24)35(19-25-12-13-26(32)18-28(25)33)30(37)20-36(41(5,39)40)27-15-21(2)14-22(3)16-27/h7-16,18,23,29H,6,17,19-20H2,1-5H3,(H,34,38). The van der Waals surface area contributed by atoms with Crippen LogP contribution in [-0.4, -0.2) is 50.0 Å². The predicted octanol–water partition coefficient (Wildman–Crippen LogP) is 5.93. The van der Waals surface area contributed by atoms with Crippen molar-refractivity contribution < 1.29 is 18.0 Å². The number of hydrogen-bond acceptors (Lipinski definition) is 4. The minimum atomic E-state index is -3.85. The third kappa shape index (κ3) is 9.21. The molecule has 2 unspecified atom stereocenters. The maximum absolute atomic E-state index is 14.2. The molecule has 2 amide bonds. The minimum absolute atomic E-state index is 0.0231. The van der Waals surface area contributed by atoms with Gasteiger partial charge in [-0.1, -0.05) is 72.6 Å². The van der Waals surface area contributed by atoms with Crippen LogP contribution in [0.25, 0.3) is 0 Å². The number of nitrogens with one attached hydrogen (secondary N) is 1. The Labute approximate surface area is 253 Å². The van der Waals surface area contributed by atoms with Crippen molar-refractivity contribution in [3.05, 3.63) is 99.0 Å². The number of carbonyl (C=O) groups excluding carboxylic acids is 2. The Morgan fingerprint density at radius 1 is 0.951 bits per heavy atom. The smallest absolute Gasteiger partial charge is 0.244 e. The average molecular weight is 619 g/mol. The molecule has 3 rings (SSSR count). The molecule has 1 N–H and O–H groups in total. The minimum Gasteiger partial charge on any atom is -0.352 e. The molecule has 0 fully saturated rings. The van der Waals surface area contributed by atoms with E-state index in [1.54, 1.807) is 30.3 Å². The fourth-order valence-corrected chi connectivity index (χ4v) is 5.84. The molecular weight excluding hydrogens is 581 g/mol. The van der Waals surface area contributed by atoms with Gasteiger partial charge in [-0.25, -0.2) is 8.42 Å². The summed E-state index contributed by atoms with van der Waals surface area (Å²) in [5.74, 6) is -0.875. The second-order valence-electron chi connectivity index (χ2n) is 10.4. The lowest BCUT2D eigenvalue weighted by Gasteiger charge is -2.34. The highest BCUT2D eigenvalue weighted by Crippen LogP contribution is 2.26. The number of aryl methyl sites for hydroxylation is 2. The second kappa shape index (κ2) is 14.2. The van der Waals surface area contributed by atoms with Crippen molar-refractivity contribution in [1.82, 2.24) is 10.2 Å². The van der Waals surface area contributed by atoms with Gasteiger partial charge in [0.15, 0.2) is 0 Å². The number of carbonyl (C=O) groups is 2. The largest absolute Gasteiger partial charge is 0.352 e. The molecule has 7 nitrogen and oxygen atoms in total. The van der Waals surface area contributed by atoms with E-state index in [0.29, 0.717) is 27.7 Å². The van der Waals surface area contributed by atoms with E-state index in [4.69, 9.17) is 23.2 Å². The van der Waals surface area contributed by atoms with Crippen LogP contribution in [0.2, 0.25) is 10.0 Å². The molecule has 0 aromatic heterocycles. The summed E-state index contributed by atoms with van der Waals surface area (Å²) in [6.45, 7) is 7.07. The number of halogens is 2. The van der Waals surface area contributed by atoms with E-state index in [0.717, 1.165) is 27.3 Å². The molecule has 0 aliphatic heterocycles. The van der Waals surface area contributed by atoms with Crippen LogP contribution < -0.4 is 9.62 Å². The summed E-state index contributed by atoms with van der Waals surface area (Å²) in [5.41, 5.74) is 3.54. The first kappa shape index (κ1) is 32.4. The van der Waals surface area contributed by atoms with Gasteiger partial charge in [0.2, 0.25) is 21.8 Å². The van der Waals surface area contributed by atoms with Crippen LogP contribution in [0.5, 0.6) is 0 Å². The molecule has 0 saturated heterocycles. The second-order valence-corrected chi connectivity index (χ2v) is 13.1. The number of amides is 2. The summed E-state index contributed by atoms with van der Waals surface area (Å²) >= 11 is 12.6. The van der Waals surface area contributed by atoms with E-state index in [2.05, 4.69) is 5.32 Å². The monoisotopic (exact) mass is 617 g/mol. The summed E-state index contributed by atoms with van der Waals surface area (Å²) < 4.78 is 27.0. The fraction of sp³-hybridized carbons (Fsp3) is 0.355. The first-order chi connectivity index (χ1) is 19.3. The van der Waals surface area contributed by atoms with E-state index >= 15 is 0 Å². The number of sulfonamides is 1. The van der Waals surface area contributed by atoms with Gasteiger partial charge in [-0.05, 0) is 73.7 Å². The van der Waals surface area contributed by atoms with Crippen molar-refractivity contribution in [2.45, 2.75) is 59.2 Å². The molecule has 10 heteroatoms. The van der Waals surface area contributed by atoms with Gasteiger partial charge in [0.05, 0.1) is 11.9 Å². The summed E-state index contributed by atoms with van der Waals surface area (Å²) in [5, 5.41) is 3.78. The normalized spacial score (nSPS) is 12.9. The lowest BCUT2D eigenvalue weighted by Crippen LogP contribution is -2.54. The number of hydrogen-bond donors (Lipinski definition) is 1. The Morgan fingerprint density at radius 3 is 2.15 bits per heavy atom. The van der Waals surface area contributed by atoms with Crippen LogP contribution in [0, 0.1) is 13.8 Å². The van der Waals surface area contributed by atoms with Gasteiger partial charge in [0, 0.05) is 29.1 Å². The highest BCUT2D eigenvalue weighted by atomic mass is 35.5. The Kier molecular flexibility index (Phi) is 11.2. The summed E-state index contributed by atoms with van der Waals surface area (Å²) in [4.78, 5) is 29.3. The van der Waals surface area contributed by atoms with E-state index in [1.165, 1.54) is 4.90 Å². The first-order valence-electron chi connectivity index (χ1n) is 13.4. The van der Waals surface area contributed by atoms with Gasteiger partial charge in [0.1, 0.15) is 12.6 Å². The third-order valence-corrected chi connectivity index (χ3v) is 8.53. The molecule has 0 aliphatic rings. The maximum Gasteiger partial charge on any atom is 0.244 e. The number of anilines is 1. The Bertz CT molecular complexity index is 1460. The van der Waals surface area contributed by atoms with Crippen LogP contribution >= 0.6 is 23.2 Å². The van der Waals surface area contributed by atoms with Crippen molar-refractivity contribution in [2.75, 3.05) is 17.1 Å². The molecule has 0 heterocycles. The van der Waals surface area contributed by atoms with Crippen LogP contribution in [-0.2, 0) is 32.6 Å². The molecule has 220 valence electrons. The summed E-state index contributed by atoms with van der Waals surface area (Å²) in [6.07, 6.45) is 1.99. The molecule has 0 bridgehead atoms. The van der Waals surface area contributed by atoms with Crippen LogP contribution in [0.3, 0.4) is 0 Å². The molecule has 0 saturated carbocycles. The first-order valence-corrected chi connectivity index (χ1v) is 16.0. The quantitative estimate of drug-likeness (QED) is 0.273. The van der Waals surface area contributed by atoms with Crippen molar-refractivity contribution in [1.29, 1.82) is 0 Å². The SMILES string of the molecule is CCC(C)NC(=O)C(Cc1ccccc1)N(Cc1ccc(Cl)cc1Cl)C(=O)CN(c1cc(C)cc(C)c1)S(C)(=O)=O. The van der Waals surface area contributed by atoms with Crippen molar-refractivity contribution in [2.24, 2.45) is 0 Å². The number of rotatable bonds is 12. The predicted molar refractivity (Wildman–Crippen MR) is 167 cm³/mol. The van der Waals surface area contributed by atoms with Gasteiger partial charge < -0.3 is 10.2 Å². The van der Waals surface area contributed by atoms with Crippen LogP contribution in [0.15, 0.2) is 66.7 Å². The van der Waals surface area contributed by atoms with Crippen LogP contribution in [0.1, 0.15) is 42.5 Å². The number of nitrogens with zero attached hydrogens (tertiary/aromatic N) is 2. The zero-order valence-corrected chi connectivity index (χ0v) is 26.4. The van der Waals surface area contributed by atoms with Crippen molar-refractivity contribution in [3.63, 3.8) is 0 Å². The molecule has 41 heavy (non-hydrogen) atoms. The highest BCUT2D eigenvalue weighted by Gasteiger charge is 2.33. The lowest BCUT2D eigenvalue weighted by molar-refractivity contribution is -0.140. The van der Waals surface area contributed by atoms with Crippen molar-refractivity contribution >= 4 is 50.7 Å². The van der Waals surface area contributed by atoms with Gasteiger partial charge >= 0.3 is 0 Å². The van der Waals surface area contributed by atoms with E-state index in [1.807, 2.05) is 64.1 Å². The fourth-order valence-electron chi connectivity index (χ4n) is 4.54. The molecule has 0 spiro atoms. The molecule has 3 aromatic carbocycles. The van der Waals surface area contributed by atoms with Crippen LogP contribution in [0.4, 0.5) is 5.69 Å². The van der Waals surface area contributed by atoms with E-state index in [9.17, 15) is 18.0 Å². The topological polar surface area (TPSA) is 86.8 Å². The molecular formula is C31H37Cl2N3O4S. The zero-order chi connectivity index (χ0) is 30.3. The van der Waals surface area contributed by atoms with Gasteiger partial charge in [-0.3, -0.25) is 13.9 Å². The van der Waals surface area contributed by atoms with Crippen molar-refractivity contribution in [3.8, 4) is 0 Å². The molecule has 0 aliphatic carbocycles. The van der Waals surface area contributed by atoms with Gasteiger partial charge in [-0.2, -0.15) is 0 Å². The number of benzene rings is 3. The van der Waals surface area contributed by atoms with E-state index in [-0.39, 0.29) is 24.9 Å².